The molecule has 0 bridgehead atoms. The molecular formula is C22H30ClN5O3. The number of ether oxygens (including phenoxy) is 1. The molecule has 0 spiro atoms. The van der Waals surface area contributed by atoms with E-state index in [4.69, 9.17) is 16.3 Å². The highest BCUT2D eigenvalue weighted by Crippen LogP contribution is 2.23. The number of aryl methyl sites for hydroxylation is 2. The quantitative estimate of drug-likeness (QED) is 0.628. The number of hydrogen-bond donors (Lipinski definition) is 1. The molecule has 8 nitrogen and oxygen atoms in total. The highest BCUT2D eigenvalue weighted by molar-refractivity contribution is 6.33. The van der Waals surface area contributed by atoms with Crippen LogP contribution in [0, 0.1) is 19.8 Å². The first-order valence-corrected chi connectivity index (χ1v) is 11.1. The maximum atomic E-state index is 13.1. The lowest BCUT2D eigenvalue weighted by molar-refractivity contribution is -0.126. The van der Waals surface area contributed by atoms with Crippen LogP contribution in [0.2, 0.25) is 5.02 Å². The lowest BCUT2D eigenvalue weighted by Gasteiger charge is -2.31. The molecule has 0 unspecified atom stereocenters. The molecule has 0 aliphatic carbocycles. The van der Waals surface area contributed by atoms with Crippen LogP contribution in [0.5, 0.6) is 0 Å². The van der Waals surface area contributed by atoms with Gasteiger partial charge in [0.05, 0.1) is 10.7 Å². The van der Waals surface area contributed by atoms with Gasteiger partial charge in [-0.15, -0.1) is 0 Å². The van der Waals surface area contributed by atoms with Crippen LogP contribution in [-0.2, 0) is 9.53 Å². The van der Waals surface area contributed by atoms with Crippen LogP contribution in [0.25, 0.3) is 5.82 Å². The van der Waals surface area contributed by atoms with E-state index in [1.807, 2.05) is 26.8 Å². The number of carbonyl (C=O) groups excluding carboxylic acids is 2. The fourth-order valence-corrected chi connectivity index (χ4v) is 3.92. The molecule has 1 N–H and O–H groups in total. The van der Waals surface area contributed by atoms with Crippen LogP contribution in [0.1, 0.15) is 48.1 Å². The molecule has 2 amide bonds. The molecule has 1 fully saturated rings. The number of nitrogens with one attached hydrogen (secondary N) is 1. The average Bonchev–Trinajstić information content (AvgIpc) is 3.11. The topological polar surface area (TPSA) is 89.4 Å². The molecule has 168 valence electrons. The number of nitrogens with zero attached hydrogens (tertiary/aromatic N) is 4. The zero-order valence-electron chi connectivity index (χ0n) is 18.4. The van der Waals surface area contributed by atoms with E-state index in [0.717, 1.165) is 17.8 Å². The van der Waals surface area contributed by atoms with E-state index in [2.05, 4.69) is 15.4 Å². The van der Waals surface area contributed by atoms with Crippen molar-refractivity contribution < 1.29 is 14.3 Å². The minimum Gasteiger partial charge on any atom is -0.382 e. The molecular weight excluding hydrogens is 418 g/mol. The van der Waals surface area contributed by atoms with Gasteiger partial charge >= 0.3 is 0 Å². The van der Waals surface area contributed by atoms with Gasteiger partial charge in [0.15, 0.2) is 5.82 Å². The Bertz CT molecular complexity index is 922. The van der Waals surface area contributed by atoms with Gasteiger partial charge in [-0.1, -0.05) is 11.6 Å². The summed E-state index contributed by atoms with van der Waals surface area (Å²) < 4.78 is 6.98. The summed E-state index contributed by atoms with van der Waals surface area (Å²) in [6.07, 6.45) is 2.04. The van der Waals surface area contributed by atoms with Crippen LogP contribution >= 0.6 is 11.6 Å². The summed E-state index contributed by atoms with van der Waals surface area (Å²) in [5.41, 5.74) is 2.02. The number of halogens is 1. The second-order valence-corrected chi connectivity index (χ2v) is 8.15. The van der Waals surface area contributed by atoms with Crippen LogP contribution in [-0.4, -0.2) is 64.3 Å². The molecule has 0 aromatic carbocycles. The molecule has 2 aromatic rings. The van der Waals surface area contributed by atoms with E-state index < -0.39 is 0 Å². The van der Waals surface area contributed by atoms with Crippen molar-refractivity contribution in [3.63, 3.8) is 0 Å². The van der Waals surface area contributed by atoms with Crippen molar-refractivity contribution in [3.05, 3.63) is 40.3 Å². The van der Waals surface area contributed by atoms with Gasteiger partial charge in [0.2, 0.25) is 5.91 Å². The number of rotatable bonds is 8. The van der Waals surface area contributed by atoms with Crippen molar-refractivity contribution >= 4 is 23.4 Å². The summed E-state index contributed by atoms with van der Waals surface area (Å²) in [6, 6.07) is 5.38. The zero-order chi connectivity index (χ0) is 22.4. The molecule has 0 atom stereocenters. The Morgan fingerprint density at radius 2 is 2.00 bits per heavy atom. The maximum absolute atomic E-state index is 13.1. The third-order valence-corrected chi connectivity index (χ3v) is 5.69. The molecule has 1 aliphatic heterocycles. The number of piperidine rings is 1. The van der Waals surface area contributed by atoms with Crippen molar-refractivity contribution in [2.24, 2.45) is 5.92 Å². The number of hydrogen-bond acceptors (Lipinski definition) is 5. The third-order valence-electron chi connectivity index (χ3n) is 5.38. The number of carbonyl (C=O) groups is 2. The summed E-state index contributed by atoms with van der Waals surface area (Å²) in [4.78, 5) is 31.7. The highest BCUT2D eigenvalue weighted by Gasteiger charge is 2.29. The van der Waals surface area contributed by atoms with E-state index >= 15 is 0 Å². The molecule has 0 saturated carbocycles. The van der Waals surface area contributed by atoms with Crippen LogP contribution in [0.3, 0.4) is 0 Å². The average molecular weight is 448 g/mol. The Morgan fingerprint density at radius 1 is 1.26 bits per heavy atom. The van der Waals surface area contributed by atoms with E-state index in [0.29, 0.717) is 56.5 Å². The second kappa shape index (κ2) is 10.7. The lowest BCUT2D eigenvalue weighted by atomic mass is 9.95. The highest BCUT2D eigenvalue weighted by atomic mass is 35.5. The predicted octanol–water partition coefficient (Wildman–Crippen LogP) is 2.93. The molecule has 3 rings (SSSR count). The van der Waals surface area contributed by atoms with Gasteiger partial charge in [-0.25, -0.2) is 9.67 Å². The SMILES string of the molecule is CCOCCCNC(=O)C1CCN(C(=O)c2nc(-n3nc(C)cc3C)ccc2Cl)CC1. The molecule has 31 heavy (non-hydrogen) atoms. The van der Waals surface area contributed by atoms with Gasteiger partial charge < -0.3 is 15.0 Å². The minimum absolute atomic E-state index is 0.0475. The van der Waals surface area contributed by atoms with E-state index in [9.17, 15) is 9.59 Å². The van der Waals surface area contributed by atoms with Gasteiger partial charge in [-0.05, 0) is 58.2 Å². The molecule has 3 heterocycles. The first-order valence-electron chi connectivity index (χ1n) is 10.8. The summed E-state index contributed by atoms with van der Waals surface area (Å²) in [5.74, 6) is 0.301. The first-order chi connectivity index (χ1) is 14.9. The Labute approximate surface area is 187 Å². The normalized spacial score (nSPS) is 14.6. The van der Waals surface area contributed by atoms with Crippen LogP contribution in [0.4, 0.5) is 0 Å². The molecule has 1 saturated heterocycles. The van der Waals surface area contributed by atoms with Crippen molar-refractivity contribution in [2.75, 3.05) is 32.8 Å². The third kappa shape index (κ3) is 5.83. The van der Waals surface area contributed by atoms with Crippen LogP contribution in [0.15, 0.2) is 18.2 Å². The summed E-state index contributed by atoms with van der Waals surface area (Å²) in [6.45, 7) is 8.73. The van der Waals surface area contributed by atoms with Crippen molar-refractivity contribution in [3.8, 4) is 5.82 Å². The molecule has 2 aromatic heterocycles. The van der Waals surface area contributed by atoms with E-state index in [1.54, 1.807) is 21.7 Å². The van der Waals surface area contributed by atoms with Gasteiger partial charge in [-0.3, -0.25) is 9.59 Å². The number of pyridine rings is 1. The van der Waals surface area contributed by atoms with Gasteiger partial charge in [-0.2, -0.15) is 5.10 Å². The zero-order valence-corrected chi connectivity index (χ0v) is 19.1. The van der Waals surface area contributed by atoms with E-state index in [-0.39, 0.29) is 23.4 Å². The van der Waals surface area contributed by atoms with Crippen molar-refractivity contribution in [2.45, 2.75) is 40.0 Å². The van der Waals surface area contributed by atoms with Crippen molar-refractivity contribution in [1.82, 2.24) is 25.0 Å². The van der Waals surface area contributed by atoms with Gasteiger partial charge in [0, 0.05) is 44.5 Å². The summed E-state index contributed by atoms with van der Waals surface area (Å²) >= 11 is 6.30. The molecule has 1 aliphatic rings. The van der Waals surface area contributed by atoms with E-state index in [1.165, 1.54) is 0 Å². The second-order valence-electron chi connectivity index (χ2n) is 7.75. The summed E-state index contributed by atoms with van der Waals surface area (Å²) in [5, 5.41) is 7.70. The predicted molar refractivity (Wildman–Crippen MR) is 119 cm³/mol. The standard InChI is InChI=1S/C22H30ClN5O3/c1-4-31-13-5-10-24-21(29)17-8-11-27(12-9-17)22(30)20-18(23)6-7-19(25-20)28-16(3)14-15(2)26-28/h6-7,14,17H,4-5,8-13H2,1-3H3,(H,24,29). The largest absolute Gasteiger partial charge is 0.382 e. The Balaban J connectivity index is 1.59. The number of amides is 2. The fourth-order valence-electron chi connectivity index (χ4n) is 3.73. The molecule has 0 radical (unpaired) electrons. The Kier molecular flexibility index (Phi) is 8.03. The Hall–Kier alpha value is -2.45. The van der Waals surface area contributed by atoms with Gasteiger partial charge in [0.25, 0.3) is 5.91 Å². The van der Waals surface area contributed by atoms with Crippen LogP contribution < -0.4 is 5.32 Å². The number of aromatic nitrogens is 3. The smallest absolute Gasteiger partial charge is 0.274 e. The summed E-state index contributed by atoms with van der Waals surface area (Å²) in [7, 11) is 0. The fraction of sp³-hybridized carbons (Fsp3) is 0.545. The minimum atomic E-state index is -0.219. The molecule has 9 heteroatoms. The monoisotopic (exact) mass is 447 g/mol. The Morgan fingerprint density at radius 3 is 2.65 bits per heavy atom. The first kappa shape index (κ1) is 23.2. The van der Waals surface area contributed by atoms with Gasteiger partial charge in [0.1, 0.15) is 5.69 Å². The lowest BCUT2D eigenvalue weighted by Crippen LogP contribution is -2.43. The van der Waals surface area contributed by atoms with Crippen molar-refractivity contribution in [1.29, 1.82) is 0 Å². The maximum Gasteiger partial charge on any atom is 0.274 e. The number of likely N-dealkylation sites (tertiary alicyclic amines) is 1.